The average molecular weight is 270 g/mol. The minimum Gasteiger partial charge on any atom is -0.381 e. The smallest absolute Gasteiger partial charge is 0.120 e. The molecular weight excluding hydrogens is 248 g/mol. The molecule has 0 spiro atoms. The maximum absolute atomic E-state index is 5.92. The van der Waals surface area contributed by atoms with Crippen LogP contribution in [0.1, 0.15) is 16.7 Å². The second-order valence-electron chi connectivity index (χ2n) is 5.11. The highest BCUT2D eigenvalue weighted by molar-refractivity contribution is 5.34. The summed E-state index contributed by atoms with van der Waals surface area (Å²) in [5, 5.41) is 0. The summed E-state index contributed by atoms with van der Waals surface area (Å²) in [7, 11) is 3.48. The largest absolute Gasteiger partial charge is 0.381 e. The van der Waals surface area contributed by atoms with E-state index in [1.54, 1.807) is 14.2 Å². The van der Waals surface area contributed by atoms with E-state index in [0.717, 1.165) is 6.42 Å². The summed E-state index contributed by atoms with van der Waals surface area (Å²) in [6, 6.07) is 18.7. The van der Waals surface area contributed by atoms with Crippen molar-refractivity contribution < 1.29 is 9.47 Å². The molecule has 0 amide bonds. The Morgan fingerprint density at radius 3 is 2.15 bits per heavy atom. The number of hydrogen-bond acceptors (Lipinski definition) is 2. The van der Waals surface area contributed by atoms with E-state index in [1.807, 2.05) is 6.07 Å². The lowest BCUT2D eigenvalue weighted by molar-refractivity contribution is -0.0695. The van der Waals surface area contributed by atoms with E-state index in [-0.39, 0.29) is 0 Å². The minimum absolute atomic E-state index is 0.443. The summed E-state index contributed by atoms with van der Waals surface area (Å²) < 4.78 is 11.4. The van der Waals surface area contributed by atoms with E-state index >= 15 is 0 Å². The number of rotatable bonds is 6. The van der Waals surface area contributed by atoms with Crippen LogP contribution in [0.15, 0.2) is 54.6 Å². The van der Waals surface area contributed by atoms with Crippen LogP contribution in [0.3, 0.4) is 0 Å². The summed E-state index contributed by atoms with van der Waals surface area (Å²) in [6.07, 6.45) is 0.795. The molecule has 0 N–H and O–H groups in total. The molecule has 2 aromatic carbocycles. The first-order valence-electron chi connectivity index (χ1n) is 6.86. The van der Waals surface area contributed by atoms with E-state index < -0.39 is 5.60 Å². The zero-order valence-electron chi connectivity index (χ0n) is 12.4. The molecule has 0 bridgehead atoms. The molecule has 0 aromatic heterocycles. The van der Waals surface area contributed by atoms with Crippen LogP contribution in [0.25, 0.3) is 0 Å². The Morgan fingerprint density at radius 1 is 0.900 bits per heavy atom. The quantitative estimate of drug-likeness (QED) is 0.796. The van der Waals surface area contributed by atoms with Crippen LogP contribution < -0.4 is 0 Å². The summed E-state index contributed by atoms with van der Waals surface area (Å²) in [4.78, 5) is 0. The van der Waals surface area contributed by atoms with Crippen molar-refractivity contribution in [2.24, 2.45) is 0 Å². The van der Waals surface area contributed by atoms with Gasteiger partial charge in [-0.15, -0.1) is 0 Å². The Labute approximate surface area is 121 Å². The molecule has 2 heteroatoms. The maximum Gasteiger partial charge on any atom is 0.120 e. The lowest BCUT2D eigenvalue weighted by Crippen LogP contribution is -2.37. The molecule has 0 saturated heterocycles. The Hall–Kier alpha value is -1.64. The van der Waals surface area contributed by atoms with Crippen molar-refractivity contribution in [3.63, 3.8) is 0 Å². The van der Waals surface area contributed by atoms with Crippen molar-refractivity contribution in [2.45, 2.75) is 18.9 Å². The molecule has 1 atom stereocenters. The third-order valence-electron chi connectivity index (χ3n) is 3.74. The lowest BCUT2D eigenvalue weighted by Gasteiger charge is -2.34. The van der Waals surface area contributed by atoms with Gasteiger partial charge in [0.1, 0.15) is 5.60 Å². The maximum atomic E-state index is 5.92. The van der Waals surface area contributed by atoms with Gasteiger partial charge in [-0.25, -0.2) is 0 Å². The number of aryl methyl sites for hydroxylation is 1. The highest BCUT2D eigenvalue weighted by Gasteiger charge is 2.33. The molecule has 0 aliphatic rings. The second-order valence-corrected chi connectivity index (χ2v) is 5.11. The average Bonchev–Trinajstić information content (AvgIpc) is 2.48. The molecule has 0 radical (unpaired) electrons. The molecule has 2 aromatic rings. The first-order chi connectivity index (χ1) is 9.72. The standard InChI is InChI=1S/C18H22O2/c1-15-9-7-8-12-17(15)18(20-3,14-19-2)13-16-10-5-4-6-11-16/h4-12H,13-14H2,1-3H3. The molecule has 1 unspecified atom stereocenters. The Bertz CT molecular complexity index is 536. The van der Waals surface area contributed by atoms with Crippen LogP contribution >= 0.6 is 0 Å². The fourth-order valence-electron chi connectivity index (χ4n) is 2.71. The molecule has 0 saturated carbocycles. The van der Waals surface area contributed by atoms with E-state index in [1.165, 1.54) is 16.7 Å². The normalized spacial score (nSPS) is 13.9. The van der Waals surface area contributed by atoms with Crippen molar-refractivity contribution in [3.8, 4) is 0 Å². The third kappa shape index (κ3) is 3.09. The van der Waals surface area contributed by atoms with Crippen molar-refractivity contribution in [1.82, 2.24) is 0 Å². The van der Waals surface area contributed by atoms with Crippen molar-refractivity contribution >= 4 is 0 Å². The van der Waals surface area contributed by atoms with E-state index in [4.69, 9.17) is 9.47 Å². The lowest BCUT2D eigenvalue weighted by atomic mass is 9.85. The van der Waals surface area contributed by atoms with Crippen molar-refractivity contribution in [2.75, 3.05) is 20.8 Å². The predicted octanol–water partition coefficient (Wildman–Crippen LogP) is 3.73. The molecule has 106 valence electrons. The third-order valence-corrected chi connectivity index (χ3v) is 3.74. The second kappa shape index (κ2) is 6.69. The highest BCUT2D eigenvalue weighted by atomic mass is 16.5. The Morgan fingerprint density at radius 2 is 1.55 bits per heavy atom. The minimum atomic E-state index is -0.443. The van der Waals surface area contributed by atoms with E-state index in [2.05, 4.69) is 55.5 Å². The van der Waals surface area contributed by atoms with Crippen LogP contribution in [0.4, 0.5) is 0 Å². The van der Waals surface area contributed by atoms with Crippen LogP contribution in [-0.4, -0.2) is 20.8 Å². The van der Waals surface area contributed by atoms with Gasteiger partial charge in [0.2, 0.25) is 0 Å². The molecule has 20 heavy (non-hydrogen) atoms. The fraction of sp³-hybridized carbons (Fsp3) is 0.333. The molecule has 0 heterocycles. The van der Waals surface area contributed by atoms with Gasteiger partial charge in [-0.1, -0.05) is 54.6 Å². The van der Waals surface area contributed by atoms with Crippen LogP contribution in [0, 0.1) is 6.92 Å². The summed E-state index contributed by atoms with van der Waals surface area (Å²) >= 11 is 0. The van der Waals surface area contributed by atoms with Crippen molar-refractivity contribution in [3.05, 3.63) is 71.3 Å². The topological polar surface area (TPSA) is 18.5 Å². The monoisotopic (exact) mass is 270 g/mol. The van der Waals surface area contributed by atoms with Crippen LogP contribution in [-0.2, 0) is 21.5 Å². The van der Waals surface area contributed by atoms with E-state index in [9.17, 15) is 0 Å². The summed E-state index contributed by atoms with van der Waals surface area (Å²) in [5.74, 6) is 0. The van der Waals surface area contributed by atoms with Gasteiger partial charge in [0.25, 0.3) is 0 Å². The summed E-state index contributed by atoms with van der Waals surface area (Å²) in [6.45, 7) is 2.65. The van der Waals surface area contributed by atoms with Gasteiger partial charge in [-0.3, -0.25) is 0 Å². The molecule has 2 nitrogen and oxygen atoms in total. The van der Waals surface area contributed by atoms with Gasteiger partial charge in [0.15, 0.2) is 0 Å². The first-order valence-corrected chi connectivity index (χ1v) is 6.86. The Kier molecular flexibility index (Phi) is 4.94. The molecule has 2 rings (SSSR count). The molecule has 0 fully saturated rings. The molecule has 0 aliphatic heterocycles. The molecule has 0 aliphatic carbocycles. The van der Waals surface area contributed by atoms with E-state index in [0.29, 0.717) is 6.61 Å². The number of benzene rings is 2. The van der Waals surface area contributed by atoms with Gasteiger partial charge in [-0.2, -0.15) is 0 Å². The van der Waals surface area contributed by atoms with Crippen LogP contribution in [0.5, 0.6) is 0 Å². The Balaban J connectivity index is 2.42. The van der Waals surface area contributed by atoms with Gasteiger partial charge in [0.05, 0.1) is 6.61 Å². The fourth-order valence-corrected chi connectivity index (χ4v) is 2.71. The highest BCUT2D eigenvalue weighted by Crippen LogP contribution is 2.32. The first kappa shape index (κ1) is 14.8. The number of ether oxygens (including phenoxy) is 2. The van der Waals surface area contributed by atoms with Crippen LogP contribution in [0.2, 0.25) is 0 Å². The zero-order valence-corrected chi connectivity index (χ0v) is 12.4. The molecular formula is C18H22O2. The zero-order chi connectivity index (χ0) is 14.4. The van der Waals surface area contributed by atoms with Gasteiger partial charge >= 0.3 is 0 Å². The summed E-state index contributed by atoms with van der Waals surface area (Å²) in [5.41, 5.74) is 3.21. The van der Waals surface area contributed by atoms with Crippen molar-refractivity contribution in [1.29, 1.82) is 0 Å². The van der Waals surface area contributed by atoms with Gasteiger partial charge in [0, 0.05) is 20.6 Å². The van der Waals surface area contributed by atoms with Gasteiger partial charge in [-0.05, 0) is 23.6 Å². The number of methoxy groups -OCH3 is 2. The predicted molar refractivity (Wildman–Crippen MR) is 81.9 cm³/mol. The SMILES string of the molecule is COCC(Cc1ccccc1)(OC)c1ccccc1C. The number of hydrogen-bond donors (Lipinski definition) is 0. The van der Waals surface area contributed by atoms with Gasteiger partial charge < -0.3 is 9.47 Å².